The second-order valence-electron chi connectivity index (χ2n) is 11.9. The van der Waals surface area contributed by atoms with Crippen LogP contribution >= 0.6 is 11.6 Å². The van der Waals surface area contributed by atoms with Crippen LogP contribution in [-0.4, -0.2) is 61.7 Å². The summed E-state index contributed by atoms with van der Waals surface area (Å²) in [5, 5.41) is 19.2. The van der Waals surface area contributed by atoms with Crippen molar-refractivity contribution in [3.05, 3.63) is 93.5 Å². The highest BCUT2D eigenvalue weighted by atomic mass is 35.5. The number of piperidine rings is 1. The fourth-order valence-electron chi connectivity index (χ4n) is 6.53. The molecule has 3 amide bonds. The molecule has 46 heavy (non-hydrogen) atoms. The number of carbonyl (C=O) groups excluding carboxylic acids is 3. The molecule has 0 bridgehead atoms. The van der Waals surface area contributed by atoms with Gasteiger partial charge >= 0.3 is 6.09 Å². The Morgan fingerprint density at radius 3 is 2.61 bits per heavy atom. The molecule has 1 saturated heterocycles. The van der Waals surface area contributed by atoms with Gasteiger partial charge in [-0.1, -0.05) is 67.1 Å². The number of likely N-dealkylation sites (tertiary alicyclic amines) is 1. The molecule has 1 fully saturated rings. The highest BCUT2D eigenvalue weighted by Gasteiger charge is 2.43. The van der Waals surface area contributed by atoms with Crippen molar-refractivity contribution in [3.8, 4) is 11.1 Å². The number of nitrogens with one attached hydrogen (secondary N) is 2. The van der Waals surface area contributed by atoms with E-state index in [1.807, 2.05) is 49.5 Å². The number of carbonyl (C=O) groups is 3. The summed E-state index contributed by atoms with van der Waals surface area (Å²) in [6.45, 7) is 3.81. The number of nitrogens with zero attached hydrogens (tertiary/aromatic N) is 1. The molecular formula is C36H45ClN4O5. The number of halogens is 1. The van der Waals surface area contributed by atoms with Crippen LogP contribution in [-0.2, 0) is 34.5 Å². The average molecular weight is 649 g/mol. The number of aryl methyl sites for hydroxylation is 1. The number of hydrogen-bond acceptors (Lipinski definition) is 6. The Kier molecular flexibility index (Phi) is 12.2. The van der Waals surface area contributed by atoms with Gasteiger partial charge in [0.1, 0.15) is 0 Å². The van der Waals surface area contributed by atoms with Crippen LogP contribution in [0.2, 0.25) is 5.02 Å². The van der Waals surface area contributed by atoms with E-state index >= 15 is 0 Å². The summed E-state index contributed by atoms with van der Waals surface area (Å²) in [7, 11) is 3.14. The van der Waals surface area contributed by atoms with Crippen LogP contribution in [0.3, 0.4) is 0 Å². The lowest BCUT2D eigenvalue weighted by Gasteiger charge is -2.44. The molecule has 3 aromatic carbocycles. The first kappa shape index (κ1) is 34.9. The van der Waals surface area contributed by atoms with Crippen LogP contribution in [0.4, 0.5) is 4.79 Å². The maximum atomic E-state index is 14.1. The van der Waals surface area contributed by atoms with Crippen LogP contribution < -0.4 is 16.4 Å². The first-order valence-electron chi connectivity index (χ1n) is 15.9. The summed E-state index contributed by atoms with van der Waals surface area (Å²) in [6, 6.07) is 19.2. The number of amides is 3. The molecule has 0 spiro atoms. The third-order valence-corrected chi connectivity index (χ3v) is 9.14. The SMILES string of the molecule is CCc1cccc(-c2c(Cl)cccc2C(O)(CCCNC(=O)OC)C2CCCN(C(=O)c3ccc(CNC)cc3CC(N)=O)C2)c1. The number of benzene rings is 3. The molecular weight excluding hydrogens is 604 g/mol. The van der Waals surface area contributed by atoms with E-state index in [0.29, 0.717) is 73.6 Å². The molecule has 9 nitrogen and oxygen atoms in total. The Morgan fingerprint density at radius 1 is 1.11 bits per heavy atom. The van der Waals surface area contributed by atoms with Crippen LogP contribution in [0.25, 0.3) is 11.1 Å². The van der Waals surface area contributed by atoms with E-state index < -0.39 is 17.6 Å². The fraction of sp³-hybridized carbons (Fsp3) is 0.417. The number of ether oxygens (including phenoxy) is 1. The van der Waals surface area contributed by atoms with Crippen LogP contribution in [0.1, 0.15) is 65.2 Å². The Labute approximate surface area is 276 Å². The molecule has 0 aromatic heterocycles. The number of rotatable bonds is 13. The van der Waals surface area contributed by atoms with Crippen molar-refractivity contribution in [1.29, 1.82) is 0 Å². The number of hydrogen-bond donors (Lipinski definition) is 4. The molecule has 246 valence electrons. The lowest BCUT2D eigenvalue weighted by molar-refractivity contribution is -0.117. The van der Waals surface area contributed by atoms with Crippen molar-refractivity contribution in [2.45, 2.75) is 57.6 Å². The van der Waals surface area contributed by atoms with Crippen molar-refractivity contribution >= 4 is 29.5 Å². The van der Waals surface area contributed by atoms with Gasteiger partial charge in [0.05, 0.1) is 19.1 Å². The van der Waals surface area contributed by atoms with E-state index in [-0.39, 0.29) is 18.2 Å². The molecule has 0 radical (unpaired) electrons. The minimum atomic E-state index is -1.38. The second-order valence-corrected chi connectivity index (χ2v) is 12.3. The Hall–Kier alpha value is -3.92. The van der Waals surface area contributed by atoms with Gasteiger partial charge in [0.2, 0.25) is 5.91 Å². The minimum absolute atomic E-state index is 0.0459. The molecule has 5 N–H and O–H groups in total. The van der Waals surface area contributed by atoms with Crippen molar-refractivity contribution < 1.29 is 24.2 Å². The van der Waals surface area contributed by atoms with Gasteiger partial charge in [-0.3, -0.25) is 9.59 Å². The van der Waals surface area contributed by atoms with Gasteiger partial charge in [-0.2, -0.15) is 0 Å². The number of primary amides is 1. The van der Waals surface area contributed by atoms with E-state index in [1.165, 1.54) is 7.11 Å². The highest BCUT2D eigenvalue weighted by Crippen LogP contribution is 2.46. The zero-order chi connectivity index (χ0) is 33.3. The predicted octanol–water partition coefficient (Wildman–Crippen LogP) is 5.19. The Balaban J connectivity index is 1.73. The first-order valence-corrected chi connectivity index (χ1v) is 16.3. The topological polar surface area (TPSA) is 134 Å². The monoisotopic (exact) mass is 648 g/mol. The van der Waals surface area contributed by atoms with Gasteiger partial charge < -0.3 is 31.1 Å². The first-order chi connectivity index (χ1) is 22.1. The minimum Gasteiger partial charge on any atom is -0.453 e. The Bertz CT molecular complexity index is 1550. The summed E-state index contributed by atoms with van der Waals surface area (Å²) in [6.07, 6.45) is 2.41. The molecule has 0 aliphatic carbocycles. The summed E-state index contributed by atoms with van der Waals surface area (Å²) < 4.78 is 4.73. The number of aliphatic hydroxyl groups is 1. The van der Waals surface area contributed by atoms with Crippen LogP contribution in [0.15, 0.2) is 60.7 Å². The summed E-state index contributed by atoms with van der Waals surface area (Å²) in [4.78, 5) is 39.5. The van der Waals surface area contributed by atoms with Gasteiger partial charge in [0, 0.05) is 48.2 Å². The van der Waals surface area contributed by atoms with Crippen molar-refractivity contribution in [1.82, 2.24) is 15.5 Å². The van der Waals surface area contributed by atoms with E-state index in [9.17, 15) is 19.5 Å². The summed E-state index contributed by atoms with van der Waals surface area (Å²) in [5.74, 6) is -1.05. The highest BCUT2D eigenvalue weighted by molar-refractivity contribution is 6.33. The third kappa shape index (κ3) is 8.26. The number of nitrogens with two attached hydrogens (primary N) is 1. The van der Waals surface area contributed by atoms with Gasteiger partial charge in [-0.25, -0.2) is 4.79 Å². The third-order valence-electron chi connectivity index (χ3n) is 8.82. The van der Waals surface area contributed by atoms with E-state index in [2.05, 4.69) is 29.7 Å². The van der Waals surface area contributed by atoms with Gasteiger partial charge in [-0.15, -0.1) is 0 Å². The molecule has 1 aliphatic heterocycles. The molecule has 4 rings (SSSR count). The molecule has 1 heterocycles. The second kappa shape index (κ2) is 16.1. The van der Waals surface area contributed by atoms with E-state index in [1.54, 1.807) is 11.0 Å². The smallest absolute Gasteiger partial charge is 0.406 e. The maximum Gasteiger partial charge on any atom is 0.406 e. The van der Waals surface area contributed by atoms with Crippen LogP contribution in [0.5, 0.6) is 0 Å². The molecule has 2 unspecified atom stereocenters. The zero-order valence-electron chi connectivity index (χ0n) is 26.9. The predicted molar refractivity (Wildman–Crippen MR) is 181 cm³/mol. The molecule has 0 saturated carbocycles. The van der Waals surface area contributed by atoms with Gasteiger partial charge in [0.25, 0.3) is 5.91 Å². The quantitative estimate of drug-likeness (QED) is 0.189. The van der Waals surface area contributed by atoms with Crippen LogP contribution in [0, 0.1) is 5.92 Å². The van der Waals surface area contributed by atoms with E-state index in [0.717, 1.165) is 28.7 Å². The lowest BCUT2D eigenvalue weighted by atomic mass is 9.72. The van der Waals surface area contributed by atoms with Crippen molar-refractivity contribution in [3.63, 3.8) is 0 Å². The molecule has 3 aromatic rings. The summed E-state index contributed by atoms with van der Waals surface area (Å²) in [5.41, 5.74) is 9.66. The summed E-state index contributed by atoms with van der Waals surface area (Å²) >= 11 is 6.89. The lowest BCUT2D eigenvalue weighted by Crippen LogP contribution is -2.48. The number of methoxy groups -OCH3 is 1. The van der Waals surface area contributed by atoms with Gasteiger partial charge in [0.15, 0.2) is 0 Å². The van der Waals surface area contributed by atoms with E-state index in [4.69, 9.17) is 22.1 Å². The zero-order valence-corrected chi connectivity index (χ0v) is 27.7. The fourth-order valence-corrected chi connectivity index (χ4v) is 6.81. The largest absolute Gasteiger partial charge is 0.453 e. The molecule has 2 atom stereocenters. The normalized spacial score (nSPS) is 16.0. The maximum absolute atomic E-state index is 14.1. The average Bonchev–Trinajstić information content (AvgIpc) is 3.06. The number of alkyl carbamates (subject to hydrolysis) is 1. The molecule has 10 heteroatoms. The van der Waals surface area contributed by atoms with Crippen molar-refractivity contribution in [2.75, 3.05) is 33.8 Å². The standard InChI is InChI=1S/C36H45ClN4O5/c1-4-24-9-5-10-26(19-24)33-30(12-6-13-31(33)37)36(45,16-8-17-40-35(44)46-3)28-11-7-18-41(23-28)34(43)29-15-14-25(22-39-2)20-27(29)21-32(38)42/h5-6,9-10,12-15,19-20,28,39,45H,4,7-8,11,16-18,21-23H2,1-3H3,(H2,38,42)(H,40,44). The molecule has 1 aliphatic rings. The van der Waals surface area contributed by atoms with Crippen molar-refractivity contribution in [2.24, 2.45) is 11.7 Å². The van der Waals surface area contributed by atoms with Gasteiger partial charge in [-0.05, 0) is 79.1 Å². The Morgan fingerprint density at radius 2 is 1.89 bits per heavy atom.